The summed E-state index contributed by atoms with van der Waals surface area (Å²) in [7, 11) is -3.15. The summed E-state index contributed by atoms with van der Waals surface area (Å²) >= 11 is 0. The summed E-state index contributed by atoms with van der Waals surface area (Å²) in [5.41, 5.74) is 1.06. The molecular weight excluding hydrogens is 430 g/mol. The summed E-state index contributed by atoms with van der Waals surface area (Å²) in [5.74, 6) is 0.554. The molecule has 1 unspecified atom stereocenters. The maximum atomic E-state index is 12.8. The van der Waals surface area contributed by atoms with Gasteiger partial charge in [-0.15, -0.1) is 0 Å². The minimum Gasteiger partial charge on any atom is -0.369 e. The molecule has 0 aromatic heterocycles. The Morgan fingerprint density at radius 1 is 1.16 bits per heavy atom. The molecule has 1 aromatic rings. The second-order valence-electron chi connectivity index (χ2n) is 10.4. The first kappa shape index (κ1) is 21.7. The van der Waals surface area contributed by atoms with Crippen molar-refractivity contribution in [3.8, 4) is 0 Å². The second-order valence-corrected chi connectivity index (χ2v) is 12.4. The Morgan fingerprint density at radius 2 is 1.84 bits per heavy atom. The van der Waals surface area contributed by atoms with Crippen LogP contribution in [0.1, 0.15) is 31.2 Å². The van der Waals surface area contributed by atoms with Crippen LogP contribution in [0.15, 0.2) is 29.2 Å². The van der Waals surface area contributed by atoms with E-state index in [0.717, 1.165) is 32.4 Å². The topological polar surface area (TPSA) is 96.0 Å². The van der Waals surface area contributed by atoms with Crippen LogP contribution >= 0.6 is 0 Å². The van der Waals surface area contributed by atoms with Crippen molar-refractivity contribution in [1.29, 1.82) is 0 Å². The molecule has 3 aliphatic heterocycles. The fourth-order valence-corrected chi connectivity index (χ4v) is 6.56. The predicted octanol–water partition coefficient (Wildman–Crippen LogP) is 1.45. The Hall–Kier alpha value is -2.13. The van der Waals surface area contributed by atoms with Gasteiger partial charge >= 0.3 is 6.03 Å². The zero-order valence-electron chi connectivity index (χ0n) is 18.5. The molecule has 1 N–H and O–H groups in total. The van der Waals surface area contributed by atoms with E-state index in [1.165, 1.54) is 24.7 Å². The summed E-state index contributed by atoms with van der Waals surface area (Å²) < 4.78 is 28.5. The number of ether oxygens (including phenoxy) is 1. The maximum Gasteiger partial charge on any atom is 0.320 e. The number of hydrogen-bond acceptors (Lipinski definition) is 5. The van der Waals surface area contributed by atoms with Crippen molar-refractivity contribution in [2.45, 2.75) is 42.5 Å². The van der Waals surface area contributed by atoms with Crippen LogP contribution in [0.25, 0.3) is 0 Å². The van der Waals surface area contributed by atoms with E-state index in [9.17, 15) is 18.0 Å². The van der Waals surface area contributed by atoms with Crippen LogP contribution in [-0.2, 0) is 25.8 Å². The number of urea groups is 1. The molecule has 1 saturated carbocycles. The lowest BCUT2D eigenvalue weighted by Gasteiger charge is -2.56. The van der Waals surface area contributed by atoms with Gasteiger partial charge in [0.1, 0.15) is 6.61 Å². The fraction of sp³-hybridized carbons (Fsp3) is 0.652. The molecule has 3 amide bonds. The van der Waals surface area contributed by atoms with Crippen molar-refractivity contribution in [2.75, 3.05) is 45.6 Å². The number of sulfone groups is 1. The van der Waals surface area contributed by atoms with Gasteiger partial charge in [0.25, 0.3) is 0 Å². The summed E-state index contributed by atoms with van der Waals surface area (Å²) in [6, 6.07) is 7.31. The van der Waals surface area contributed by atoms with Crippen LogP contribution in [-0.4, -0.2) is 81.3 Å². The molecule has 0 bridgehead atoms. The van der Waals surface area contributed by atoms with Gasteiger partial charge < -0.3 is 19.9 Å². The van der Waals surface area contributed by atoms with Crippen molar-refractivity contribution < 1.29 is 22.7 Å². The van der Waals surface area contributed by atoms with Crippen molar-refractivity contribution >= 4 is 21.8 Å². The van der Waals surface area contributed by atoms with Gasteiger partial charge in [0.15, 0.2) is 9.84 Å². The molecule has 9 heteroatoms. The zero-order chi connectivity index (χ0) is 22.6. The quantitative estimate of drug-likeness (QED) is 0.732. The third-order valence-electron chi connectivity index (χ3n) is 7.59. The van der Waals surface area contributed by atoms with Crippen molar-refractivity contribution in [1.82, 2.24) is 15.1 Å². The third-order valence-corrected chi connectivity index (χ3v) is 8.72. The summed E-state index contributed by atoms with van der Waals surface area (Å²) in [6.45, 7) is 3.31. The van der Waals surface area contributed by atoms with Crippen LogP contribution in [0, 0.1) is 11.3 Å². The molecule has 3 heterocycles. The van der Waals surface area contributed by atoms with E-state index in [4.69, 9.17) is 4.74 Å². The van der Waals surface area contributed by atoms with E-state index in [1.807, 2.05) is 21.9 Å². The SMILES string of the molecule is CS(=O)(=O)c1ccc(CCC2CCC3(C2)CN(C(=O)N2CC4(COCC(=O)N4)C2)C3)cc1. The number of nitrogens with zero attached hydrogens (tertiary/aromatic N) is 2. The molecule has 4 fully saturated rings. The molecule has 1 aromatic carbocycles. The third kappa shape index (κ3) is 4.12. The molecule has 32 heavy (non-hydrogen) atoms. The molecule has 5 rings (SSSR count). The Bertz CT molecular complexity index is 1010. The number of carbonyl (C=O) groups excluding carboxylic acids is 2. The number of morpholine rings is 1. The molecule has 1 aliphatic carbocycles. The minimum atomic E-state index is -3.15. The first-order valence-electron chi connectivity index (χ1n) is 11.4. The monoisotopic (exact) mass is 461 g/mol. The Labute approximate surface area is 189 Å². The van der Waals surface area contributed by atoms with Crippen LogP contribution in [0.2, 0.25) is 0 Å². The summed E-state index contributed by atoms with van der Waals surface area (Å²) in [5, 5.41) is 2.98. The summed E-state index contributed by atoms with van der Waals surface area (Å²) in [4.78, 5) is 28.5. The highest BCUT2D eigenvalue weighted by Gasteiger charge is 2.54. The number of nitrogens with one attached hydrogen (secondary N) is 1. The number of hydrogen-bond donors (Lipinski definition) is 1. The highest BCUT2D eigenvalue weighted by Crippen LogP contribution is 2.50. The lowest BCUT2D eigenvalue weighted by atomic mass is 9.77. The summed E-state index contributed by atoms with van der Waals surface area (Å²) in [6.07, 6.45) is 6.81. The van der Waals surface area contributed by atoms with Crippen LogP contribution in [0.3, 0.4) is 0 Å². The molecular formula is C23H31N3O5S. The van der Waals surface area contributed by atoms with Crippen LogP contribution in [0.5, 0.6) is 0 Å². The highest BCUT2D eigenvalue weighted by atomic mass is 32.2. The number of likely N-dealkylation sites (tertiary alicyclic amines) is 2. The van der Waals surface area contributed by atoms with Crippen molar-refractivity contribution in [2.24, 2.45) is 11.3 Å². The predicted molar refractivity (Wildman–Crippen MR) is 118 cm³/mol. The van der Waals surface area contributed by atoms with Gasteiger partial charge in [-0.1, -0.05) is 12.1 Å². The second kappa shape index (κ2) is 7.73. The number of aryl methyl sites for hydroxylation is 1. The van der Waals surface area contributed by atoms with Crippen LogP contribution < -0.4 is 5.32 Å². The van der Waals surface area contributed by atoms with E-state index >= 15 is 0 Å². The number of benzene rings is 1. The van der Waals surface area contributed by atoms with E-state index in [-0.39, 0.29) is 29.5 Å². The first-order chi connectivity index (χ1) is 15.2. The van der Waals surface area contributed by atoms with E-state index in [2.05, 4.69) is 5.32 Å². The van der Waals surface area contributed by atoms with E-state index < -0.39 is 9.84 Å². The standard InChI is InChI=1S/C23H31N3O5S/c1-32(29,30)19-6-4-17(5-7-19)2-3-18-8-9-22(10-18)12-25(13-22)21(28)26-14-23(15-26)16-31-11-20(27)24-23/h4-7,18H,2-3,8-16H2,1H3,(H,24,27). The Kier molecular flexibility index (Phi) is 5.24. The average molecular weight is 462 g/mol. The average Bonchev–Trinajstić information content (AvgIpc) is 3.13. The van der Waals surface area contributed by atoms with E-state index in [1.54, 1.807) is 12.1 Å². The van der Waals surface area contributed by atoms with Gasteiger partial charge in [-0.25, -0.2) is 13.2 Å². The zero-order valence-corrected chi connectivity index (χ0v) is 19.3. The van der Waals surface area contributed by atoms with Gasteiger partial charge in [0.05, 0.1) is 17.0 Å². The van der Waals surface area contributed by atoms with Gasteiger partial charge in [0.2, 0.25) is 5.91 Å². The molecule has 0 radical (unpaired) electrons. The van der Waals surface area contributed by atoms with E-state index in [0.29, 0.717) is 30.5 Å². The molecule has 174 valence electrons. The van der Waals surface area contributed by atoms with Gasteiger partial charge in [-0.05, 0) is 55.7 Å². The normalized spacial score (nSPS) is 26.0. The van der Waals surface area contributed by atoms with Gasteiger partial charge in [0, 0.05) is 37.8 Å². The smallest absolute Gasteiger partial charge is 0.320 e. The largest absolute Gasteiger partial charge is 0.369 e. The number of rotatable bonds is 4. The number of carbonyl (C=O) groups is 2. The first-order valence-corrected chi connectivity index (χ1v) is 13.3. The minimum absolute atomic E-state index is 0.0792. The van der Waals surface area contributed by atoms with Gasteiger partial charge in [-0.3, -0.25) is 4.79 Å². The molecule has 3 saturated heterocycles. The lowest BCUT2D eigenvalue weighted by molar-refractivity contribution is -0.142. The number of amides is 3. The Balaban J connectivity index is 1.06. The molecule has 1 atom stereocenters. The highest BCUT2D eigenvalue weighted by molar-refractivity contribution is 7.90. The van der Waals surface area contributed by atoms with Crippen molar-refractivity contribution in [3.63, 3.8) is 0 Å². The fourth-order valence-electron chi connectivity index (χ4n) is 5.93. The van der Waals surface area contributed by atoms with Crippen LogP contribution in [0.4, 0.5) is 4.79 Å². The molecule has 2 spiro atoms. The van der Waals surface area contributed by atoms with Crippen molar-refractivity contribution in [3.05, 3.63) is 29.8 Å². The van der Waals surface area contributed by atoms with Gasteiger partial charge in [-0.2, -0.15) is 0 Å². The molecule has 8 nitrogen and oxygen atoms in total. The Morgan fingerprint density at radius 3 is 2.50 bits per heavy atom. The maximum absolute atomic E-state index is 12.8. The molecule has 4 aliphatic rings. The lowest BCUT2D eigenvalue weighted by Crippen LogP contribution is -2.77.